The first-order chi connectivity index (χ1) is 8.58. The van der Waals surface area contributed by atoms with Gasteiger partial charge in [-0.1, -0.05) is 19.3 Å². The Balaban J connectivity index is 2.14. The highest BCUT2D eigenvalue weighted by molar-refractivity contribution is 9.10. The summed E-state index contributed by atoms with van der Waals surface area (Å²) in [6.07, 6.45) is 4.55. The minimum atomic E-state index is -0.390. The van der Waals surface area contributed by atoms with Crippen molar-refractivity contribution in [2.24, 2.45) is 0 Å². The van der Waals surface area contributed by atoms with Gasteiger partial charge in [0.1, 0.15) is 5.82 Å². The Labute approximate surface area is 115 Å². The van der Waals surface area contributed by atoms with Crippen molar-refractivity contribution in [2.45, 2.75) is 44.2 Å². The summed E-state index contributed by atoms with van der Waals surface area (Å²) in [5, 5.41) is 13.2. The minimum absolute atomic E-state index is 0.0459. The summed E-state index contributed by atoms with van der Waals surface area (Å²) in [6.45, 7) is 0. The van der Waals surface area contributed by atoms with Crippen molar-refractivity contribution in [3.63, 3.8) is 0 Å². The Morgan fingerprint density at radius 1 is 1.28 bits per heavy atom. The third-order valence-corrected chi connectivity index (χ3v) is 4.02. The molecule has 100 valence electrons. The van der Waals surface area contributed by atoms with E-state index in [4.69, 9.17) is 5.73 Å². The largest absolute Gasteiger partial charge is 0.397 e. The van der Waals surface area contributed by atoms with Crippen LogP contribution in [0.4, 0.5) is 15.8 Å². The van der Waals surface area contributed by atoms with Crippen molar-refractivity contribution in [3.05, 3.63) is 22.4 Å². The van der Waals surface area contributed by atoms with Crippen LogP contribution in [0.2, 0.25) is 0 Å². The molecule has 2 atom stereocenters. The molecule has 0 aromatic heterocycles. The fourth-order valence-corrected chi connectivity index (χ4v) is 2.70. The normalized spacial score (nSPS) is 24.6. The molecule has 1 aliphatic carbocycles. The number of nitrogen functional groups attached to an aromatic ring is 1. The van der Waals surface area contributed by atoms with Crippen LogP contribution in [-0.2, 0) is 0 Å². The molecule has 1 aromatic carbocycles. The van der Waals surface area contributed by atoms with Gasteiger partial charge in [0, 0.05) is 6.07 Å². The van der Waals surface area contributed by atoms with Gasteiger partial charge in [0.15, 0.2) is 0 Å². The number of hydrogen-bond donors (Lipinski definition) is 3. The molecule has 1 fully saturated rings. The molecule has 1 saturated carbocycles. The molecule has 0 radical (unpaired) electrons. The monoisotopic (exact) mass is 316 g/mol. The van der Waals surface area contributed by atoms with Crippen LogP contribution in [0.25, 0.3) is 0 Å². The zero-order valence-corrected chi connectivity index (χ0v) is 11.7. The lowest BCUT2D eigenvalue weighted by atomic mass is 10.1. The third kappa shape index (κ3) is 3.14. The van der Waals surface area contributed by atoms with E-state index in [0.717, 1.165) is 32.1 Å². The first-order valence-electron chi connectivity index (χ1n) is 6.27. The number of anilines is 2. The van der Waals surface area contributed by atoms with Crippen LogP contribution in [0, 0.1) is 5.82 Å². The quantitative estimate of drug-likeness (QED) is 0.579. The molecule has 4 N–H and O–H groups in total. The van der Waals surface area contributed by atoms with Gasteiger partial charge >= 0.3 is 0 Å². The maximum Gasteiger partial charge on any atom is 0.139 e. The summed E-state index contributed by atoms with van der Waals surface area (Å²) in [6, 6.07) is 2.87. The summed E-state index contributed by atoms with van der Waals surface area (Å²) in [5.41, 5.74) is 6.89. The maximum atomic E-state index is 13.5. The molecular weight excluding hydrogens is 299 g/mol. The number of nitrogens with one attached hydrogen (secondary N) is 1. The van der Waals surface area contributed by atoms with Crippen molar-refractivity contribution in [1.82, 2.24) is 0 Å². The molecule has 5 heteroatoms. The minimum Gasteiger partial charge on any atom is -0.397 e. The fourth-order valence-electron chi connectivity index (χ4n) is 2.34. The number of rotatable bonds is 2. The average molecular weight is 317 g/mol. The molecule has 0 spiro atoms. The van der Waals surface area contributed by atoms with E-state index in [0.29, 0.717) is 15.8 Å². The van der Waals surface area contributed by atoms with E-state index >= 15 is 0 Å². The summed E-state index contributed by atoms with van der Waals surface area (Å²) in [7, 11) is 0. The van der Waals surface area contributed by atoms with Crippen LogP contribution in [0.5, 0.6) is 0 Å². The van der Waals surface area contributed by atoms with E-state index < -0.39 is 6.10 Å². The van der Waals surface area contributed by atoms with E-state index in [1.807, 2.05) is 0 Å². The van der Waals surface area contributed by atoms with Crippen molar-refractivity contribution in [1.29, 1.82) is 0 Å². The van der Waals surface area contributed by atoms with Crippen molar-refractivity contribution in [2.75, 3.05) is 11.1 Å². The number of nitrogens with two attached hydrogens (primary N) is 1. The molecule has 18 heavy (non-hydrogen) atoms. The number of aliphatic hydroxyl groups is 1. The summed E-state index contributed by atoms with van der Waals surface area (Å²) in [4.78, 5) is 0. The lowest BCUT2D eigenvalue weighted by Gasteiger charge is -2.24. The molecular formula is C13H18BrFN2O. The lowest BCUT2D eigenvalue weighted by Crippen LogP contribution is -2.32. The van der Waals surface area contributed by atoms with Gasteiger partial charge in [-0.25, -0.2) is 4.39 Å². The topological polar surface area (TPSA) is 58.3 Å². The Hall–Kier alpha value is -0.810. The predicted molar refractivity (Wildman–Crippen MR) is 75.0 cm³/mol. The highest BCUT2D eigenvalue weighted by Crippen LogP contribution is 2.29. The SMILES string of the molecule is Nc1cc(Br)c(F)cc1NC1CCCCCC1O. The van der Waals surface area contributed by atoms with Gasteiger partial charge in [-0.2, -0.15) is 0 Å². The smallest absolute Gasteiger partial charge is 0.139 e. The number of aliphatic hydroxyl groups excluding tert-OH is 1. The highest BCUT2D eigenvalue weighted by atomic mass is 79.9. The Morgan fingerprint density at radius 2 is 2.00 bits per heavy atom. The van der Waals surface area contributed by atoms with E-state index in [-0.39, 0.29) is 11.9 Å². The number of hydrogen-bond acceptors (Lipinski definition) is 3. The maximum absolute atomic E-state index is 13.5. The zero-order valence-electron chi connectivity index (χ0n) is 10.1. The molecule has 0 bridgehead atoms. The Morgan fingerprint density at radius 3 is 2.78 bits per heavy atom. The summed E-state index contributed by atoms with van der Waals surface area (Å²) < 4.78 is 13.8. The van der Waals surface area contributed by atoms with Crippen LogP contribution in [0.1, 0.15) is 32.1 Å². The van der Waals surface area contributed by atoms with Gasteiger partial charge in [0.2, 0.25) is 0 Å². The zero-order chi connectivity index (χ0) is 13.1. The molecule has 0 saturated heterocycles. The fraction of sp³-hybridized carbons (Fsp3) is 0.538. The lowest BCUT2D eigenvalue weighted by molar-refractivity contribution is 0.144. The van der Waals surface area contributed by atoms with Crippen LogP contribution in [0.15, 0.2) is 16.6 Å². The van der Waals surface area contributed by atoms with Gasteiger partial charge in [-0.3, -0.25) is 0 Å². The van der Waals surface area contributed by atoms with Crippen molar-refractivity contribution >= 4 is 27.3 Å². The number of halogens is 2. The molecule has 1 aliphatic rings. The predicted octanol–water partition coefficient (Wildman–Crippen LogP) is 3.28. The second-order valence-electron chi connectivity index (χ2n) is 4.81. The first kappa shape index (κ1) is 13.6. The van der Waals surface area contributed by atoms with Gasteiger partial charge in [-0.15, -0.1) is 0 Å². The van der Waals surface area contributed by atoms with Gasteiger partial charge in [0.25, 0.3) is 0 Å². The van der Waals surface area contributed by atoms with Crippen LogP contribution in [0.3, 0.4) is 0 Å². The average Bonchev–Trinajstić information content (AvgIpc) is 2.52. The van der Waals surface area contributed by atoms with E-state index in [1.54, 1.807) is 6.07 Å². The summed E-state index contributed by atoms with van der Waals surface area (Å²) in [5.74, 6) is -0.352. The van der Waals surface area contributed by atoms with Gasteiger partial charge in [0.05, 0.1) is 28.0 Å². The second-order valence-corrected chi connectivity index (χ2v) is 5.66. The van der Waals surface area contributed by atoms with Crippen LogP contribution in [-0.4, -0.2) is 17.3 Å². The molecule has 0 amide bonds. The third-order valence-electron chi connectivity index (χ3n) is 3.41. The standard InChI is InChI=1S/C13H18BrFN2O/c14-8-6-10(16)12(7-9(8)15)17-11-4-2-1-3-5-13(11)18/h6-7,11,13,17-18H,1-5,16H2. The van der Waals surface area contributed by atoms with Gasteiger partial charge in [-0.05, 0) is 34.8 Å². The summed E-state index contributed by atoms with van der Waals surface area (Å²) >= 11 is 3.10. The van der Waals surface area contributed by atoms with E-state index in [2.05, 4.69) is 21.2 Å². The van der Waals surface area contributed by atoms with E-state index in [9.17, 15) is 9.50 Å². The van der Waals surface area contributed by atoms with Crippen LogP contribution >= 0.6 is 15.9 Å². The van der Waals surface area contributed by atoms with E-state index in [1.165, 1.54) is 6.07 Å². The molecule has 1 aromatic rings. The second kappa shape index (κ2) is 5.89. The highest BCUT2D eigenvalue weighted by Gasteiger charge is 2.22. The van der Waals surface area contributed by atoms with Gasteiger partial charge < -0.3 is 16.2 Å². The molecule has 2 unspecified atom stereocenters. The Bertz CT molecular complexity index is 428. The number of benzene rings is 1. The Kier molecular flexibility index (Phi) is 4.45. The molecule has 0 aliphatic heterocycles. The molecule has 3 nitrogen and oxygen atoms in total. The first-order valence-corrected chi connectivity index (χ1v) is 7.06. The molecule has 2 rings (SSSR count). The van der Waals surface area contributed by atoms with Crippen molar-refractivity contribution in [3.8, 4) is 0 Å². The molecule has 0 heterocycles. The van der Waals surface area contributed by atoms with Crippen molar-refractivity contribution < 1.29 is 9.50 Å². The van der Waals surface area contributed by atoms with Crippen LogP contribution < -0.4 is 11.1 Å².